The third kappa shape index (κ3) is 5.16. The van der Waals surface area contributed by atoms with Gasteiger partial charge < -0.3 is 20.4 Å². The van der Waals surface area contributed by atoms with Crippen molar-refractivity contribution in [3.8, 4) is 0 Å². The lowest BCUT2D eigenvalue weighted by atomic mass is 10.0. The molecule has 0 spiro atoms. The Balaban J connectivity index is 2.12. The monoisotopic (exact) mass is 472 g/mol. The van der Waals surface area contributed by atoms with E-state index in [4.69, 9.17) is 4.74 Å². The van der Waals surface area contributed by atoms with E-state index in [1.807, 2.05) is 0 Å². The number of fused-ring (bicyclic) bond motifs is 1. The van der Waals surface area contributed by atoms with Crippen LogP contribution in [-0.2, 0) is 20.2 Å². The maximum Gasteiger partial charge on any atom is 0.412 e. The number of allylic oxidation sites excluding steroid dienone is 1. The summed E-state index contributed by atoms with van der Waals surface area (Å²) in [6.07, 6.45) is 0.826. The van der Waals surface area contributed by atoms with Gasteiger partial charge in [0, 0.05) is 29.6 Å². The van der Waals surface area contributed by atoms with Gasteiger partial charge in [-0.3, -0.25) is 14.9 Å². The summed E-state index contributed by atoms with van der Waals surface area (Å²) in [7, 11) is 0. The number of H-pyrrole nitrogens is 1. The summed E-state index contributed by atoms with van der Waals surface area (Å²) in [5, 5.41) is 7.68. The van der Waals surface area contributed by atoms with Gasteiger partial charge in [0.1, 0.15) is 5.60 Å². The molecule has 1 aromatic heterocycles. The van der Waals surface area contributed by atoms with Gasteiger partial charge in [0.25, 0.3) is 11.8 Å². The molecule has 1 aromatic carbocycles. The van der Waals surface area contributed by atoms with Crippen molar-refractivity contribution in [2.24, 2.45) is 0 Å². The number of aromatic nitrogens is 1. The molecule has 0 radical (unpaired) electrons. The van der Waals surface area contributed by atoms with E-state index in [1.165, 1.54) is 19.9 Å². The first-order valence-corrected chi connectivity index (χ1v) is 10.4. The first kappa shape index (κ1) is 24.7. The van der Waals surface area contributed by atoms with Crippen LogP contribution in [0.5, 0.6) is 0 Å². The quantitative estimate of drug-likeness (QED) is 0.345. The molecule has 4 N–H and O–H groups in total. The van der Waals surface area contributed by atoms with Gasteiger partial charge >= 0.3 is 6.09 Å². The molecule has 0 fully saturated rings. The van der Waals surface area contributed by atoms with Crippen molar-refractivity contribution in [1.29, 1.82) is 0 Å². The fourth-order valence-electron chi connectivity index (χ4n) is 3.52. The minimum absolute atomic E-state index is 0.0867. The second kappa shape index (κ2) is 8.77. The maximum atomic E-state index is 15.0. The zero-order valence-electron chi connectivity index (χ0n) is 19.5. The van der Waals surface area contributed by atoms with Crippen LogP contribution in [0.1, 0.15) is 50.2 Å². The molecular weight excluding hydrogens is 446 g/mol. The molecule has 2 heterocycles. The van der Waals surface area contributed by atoms with Crippen LogP contribution in [-0.4, -0.2) is 28.5 Å². The Morgan fingerprint density at radius 1 is 1.18 bits per heavy atom. The fourth-order valence-corrected chi connectivity index (χ4v) is 3.52. The average Bonchev–Trinajstić information content (AvgIpc) is 3.17. The van der Waals surface area contributed by atoms with Gasteiger partial charge in [-0.1, -0.05) is 6.58 Å². The molecule has 0 unspecified atom stereocenters. The summed E-state index contributed by atoms with van der Waals surface area (Å²) in [6, 6.07) is 4.79. The van der Waals surface area contributed by atoms with Gasteiger partial charge in [0.15, 0.2) is 0 Å². The van der Waals surface area contributed by atoms with Crippen molar-refractivity contribution in [1.82, 2.24) is 4.98 Å². The molecule has 1 aliphatic rings. The molecule has 34 heavy (non-hydrogen) atoms. The molecule has 2 aromatic rings. The van der Waals surface area contributed by atoms with E-state index in [0.29, 0.717) is 23.0 Å². The molecule has 0 saturated heterocycles. The summed E-state index contributed by atoms with van der Waals surface area (Å²) in [6.45, 7) is 11.0. The van der Waals surface area contributed by atoms with E-state index in [1.54, 1.807) is 39.0 Å². The van der Waals surface area contributed by atoms with Crippen molar-refractivity contribution in [2.45, 2.75) is 46.1 Å². The van der Waals surface area contributed by atoms with E-state index < -0.39 is 29.1 Å². The Kier molecular flexibility index (Phi) is 6.37. The van der Waals surface area contributed by atoms with Crippen LogP contribution in [0.4, 0.5) is 30.6 Å². The normalized spacial score (nSPS) is 14.4. The second-order valence-corrected chi connectivity index (χ2v) is 8.82. The molecule has 10 heteroatoms. The molecule has 0 atom stereocenters. The number of ether oxygens (including phenoxy) is 1. The lowest BCUT2D eigenvalue weighted by Gasteiger charge is -2.21. The summed E-state index contributed by atoms with van der Waals surface area (Å²) in [5.74, 6) is -4.34. The minimum atomic E-state index is -3.54. The predicted molar refractivity (Wildman–Crippen MR) is 127 cm³/mol. The molecular formula is C24H26F2N4O4. The SMILES string of the molecule is C=CC(F)(F)c1c(/C=C2\C(=O)Nc3ccc(NC(C)=O)cc32)[nH]c(C)c1NC(=O)OC(C)(C)C. The van der Waals surface area contributed by atoms with Gasteiger partial charge in [-0.25, -0.2) is 4.79 Å². The highest BCUT2D eigenvalue weighted by molar-refractivity contribution is 6.35. The highest BCUT2D eigenvalue weighted by Crippen LogP contribution is 2.42. The van der Waals surface area contributed by atoms with Crippen LogP contribution < -0.4 is 16.0 Å². The minimum Gasteiger partial charge on any atom is -0.444 e. The fraction of sp³-hybridized carbons (Fsp3) is 0.292. The number of benzene rings is 1. The maximum absolute atomic E-state index is 15.0. The predicted octanol–water partition coefficient (Wildman–Crippen LogP) is 5.40. The molecule has 0 saturated carbocycles. The summed E-state index contributed by atoms with van der Waals surface area (Å²) < 4.78 is 35.1. The van der Waals surface area contributed by atoms with Gasteiger partial charge in [0.2, 0.25) is 5.91 Å². The molecule has 1 aliphatic heterocycles. The molecule has 3 amide bonds. The van der Waals surface area contributed by atoms with Crippen LogP contribution in [0.2, 0.25) is 0 Å². The molecule has 0 aliphatic carbocycles. The number of hydrogen-bond donors (Lipinski definition) is 4. The van der Waals surface area contributed by atoms with Crippen LogP contribution in [0, 0.1) is 6.92 Å². The second-order valence-electron chi connectivity index (χ2n) is 8.82. The van der Waals surface area contributed by atoms with Gasteiger partial charge in [-0.2, -0.15) is 8.78 Å². The summed E-state index contributed by atoms with van der Waals surface area (Å²) >= 11 is 0. The van der Waals surface area contributed by atoms with Gasteiger partial charge in [-0.05, 0) is 58.0 Å². The lowest BCUT2D eigenvalue weighted by molar-refractivity contribution is -0.114. The van der Waals surface area contributed by atoms with Crippen LogP contribution in [0.3, 0.4) is 0 Å². The number of hydrogen-bond acceptors (Lipinski definition) is 4. The van der Waals surface area contributed by atoms with Crippen molar-refractivity contribution < 1.29 is 27.9 Å². The molecule has 0 bridgehead atoms. The number of rotatable bonds is 5. The van der Waals surface area contributed by atoms with Gasteiger partial charge in [-0.15, -0.1) is 0 Å². The number of carbonyl (C=O) groups excluding carboxylic acids is 3. The average molecular weight is 472 g/mol. The number of carbonyl (C=O) groups is 3. The zero-order valence-corrected chi connectivity index (χ0v) is 19.5. The number of amides is 3. The first-order valence-electron chi connectivity index (χ1n) is 10.4. The van der Waals surface area contributed by atoms with E-state index in [0.717, 1.165) is 0 Å². The number of aromatic amines is 1. The van der Waals surface area contributed by atoms with Crippen molar-refractivity contribution in [3.05, 3.63) is 53.4 Å². The highest BCUT2D eigenvalue weighted by atomic mass is 19.3. The number of halogens is 2. The van der Waals surface area contributed by atoms with Crippen molar-refractivity contribution in [2.75, 3.05) is 16.0 Å². The number of aryl methyl sites for hydroxylation is 1. The lowest BCUT2D eigenvalue weighted by Crippen LogP contribution is -2.28. The van der Waals surface area contributed by atoms with Crippen LogP contribution >= 0.6 is 0 Å². The largest absolute Gasteiger partial charge is 0.444 e. The highest BCUT2D eigenvalue weighted by Gasteiger charge is 2.37. The molecule has 8 nitrogen and oxygen atoms in total. The molecule has 3 rings (SSSR count). The van der Waals surface area contributed by atoms with Crippen LogP contribution in [0.15, 0.2) is 30.9 Å². The Morgan fingerprint density at radius 3 is 2.44 bits per heavy atom. The Hall–Kier alpha value is -3.95. The van der Waals surface area contributed by atoms with E-state index >= 15 is 0 Å². The number of nitrogens with one attached hydrogen (secondary N) is 4. The Bertz CT molecular complexity index is 1220. The summed E-state index contributed by atoms with van der Waals surface area (Å²) in [4.78, 5) is 39.2. The zero-order chi connectivity index (χ0) is 25.4. The number of anilines is 3. The van der Waals surface area contributed by atoms with E-state index in [2.05, 4.69) is 27.5 Å². The Labute approximate surface area is 195 Å². The van der Waals surface area contributed by atoms with Crippen molar-refractivity contribution >= 4 is 46.6 Å². The van der Waals surface area contributed by atoms with Crippen molar-refractivity contribution in [3.63, 3.8) is 0 Å². The topological polar surface area (TPSA) is 112 Å². The van der Waals surface area contributed by atoms with Gasteiger partial charge in [0.05, 0.1) is 22.5 Å². The number of alkyl halides is 2. The third-order valence-electron chi connectivity index (χ3n) is 4.84. The van der Waals surface area contributed by atoms with E-state index in [9.17, 15) is 23.2 Å². The smallest absolute Gasteiger partial charge is 0.412 e. The van der Waals surface area contributed by atoms with Crippen LogP contribution in [0.25, 0.3) is 11.6 Å². The first-order chi connectivity index (χ1) is 15.7. The third-order valence-corrected chi connectivity index (χ3v) is 4.84. The molecule has 180 valence electrons. The Morgan fingerprint density at radius 2 is 1.85 bits per heavy atom. The standard InChI is InChI=1S/C24H26F2N4O4/c1-7-24(25,26)19-18(27-12(2)20(19)30-22(33)34-23(4,5)6)11-16-15-10-14(28-13(3)31)8-9-17(15)29-21(16)32/h7-11,27H,1H2,2-6H3,(H,28,31)(H,29,32)(H,30,33)/b16-11-. The van der Waals surface area contributed by atoms with E-state index in [-0.39, 0.29) is 28.6 Å². The summed E-state index contributed by atoms with van der Waals surface area (Å²) in [5.41, 5.74) is 0.0345.